The summed E-state index contributed by atoms with van der Waals surface area (Å²) >= 11 is 5.91. The number of pyridine rings is 1. The zero-order valence-electron chi connectivity index (χ0n) is 9.54. The molecule has 5 nitrogen and oxygen atoms in total. The first-order valence-corrected chi connectivity index (χ1v) is 5.81. The molecule has 0 N–H and O–H groups in total. The van der Waals surface area contributed by atoms with Gasteiger partial charge in [-0.3, -0.25) is 15.1 Å². The summed E-state index contributed by atoms with van der Waals surface area (Å²) in [5, 5.41) is 12.3. The van der Waals surface area contributed by atoms with Crippen molar-refractivity contribution in [2.24, 2.45) is 0 Å². The third kappa shape index (κ3) is 1.94. The number of hydrogen-bond acceptors (Lipinski definition) is 4. The van der Waals surface area contributed by atoms with Gasteiger partial charge in [-0.1, -0.05) is 17.7 Å². The summed E-state index contributed by atoms with van der Waals surface area (Å²) in [5.41, 5.74) is 1.22. The number of hydrogen-bond donors (Lipinski definition) is 0. The molecule has 0 saturated carbocycles. The summed E-state index contributed by atoms with van der Waals surface area (Å²) in [6.45, 7) is 0. The molecular formula is C13H7ClN2O3. The number of rotatable bonds is 2. The molecule has 0 unspecified atom stereocenters. The molecule has 19 heavy (non-hydrogen) atoms. The Labute approximate surface area is 112 Å². The summed E-state index contributed by atoms with van der Waals surface area (Å²) in [5.74, 6) is 0.222. The zero-order valence-corrected chi connectivity index (χ0v) is 10.3. The second-order valence-corrected chi connectivity index (χ2v) is 4.35. The number of aromatic nitrogens is 1. The highest BCUT2D eigenvalue weighted by atomic mass is 35.5. The lowest BCUT2D eigenvalue weighted by Gasteiger charge is -2.03. The van der Waals surface area contributed by atoms with Crippen molar-refractivity contribution in [3.8, 4) is 11.3 Å². The molecule has 0 radical (unpaired) electrons. The van der Waals surface area contributed by atoms with E-state index in [1.54, 1.807) is 30.5 Å². The van der Waals surface area contributed by atoms with Gasteiger partial charge >= 0.3 is 5.69 Å². The van der Waals surface area contributed by atoms with Crippen LogP contribution in [0.15, 0.2) is 47.2 Å². The molecule has 0 bridgehead atoms. The summed E-state index contributed by atoms with van der Waals surface area (Å²) in [6, 6.07) is 8.20. The fourth-order valence-corrected chi connectivity index (χ4v) is 2.13. The van der Waals surface area contributed by atoms with Crippen molar-refractivity contribution in [1.82, 2.24) is 4.98 Å². The second-order valence-electron chi connectivity index (χ2n) is 3.91. The van der Waals surface area contributed by atoms with Gasteiger partial charge in [0.25, 0.3) is 0 Å². The van der Waals surface area contributed by atoms with E-state index in [1.807, 2.05) is 0 Å². The van der Waals surface area contributed by atoms with Gasteiger partial charge in [0.2, 0.25) is 5.76 Å². The van der Waals surface area contributed by atoms with Crippen LogP contribution >= 0.6 is 11.6 Å². The van der Waals surface area contributed by atoms with Gasteiger partial charge in [-0.05, 0) is 18.2 Å². The molecule has 3 rings (SSSR count). The lowest BCUT2D eigenvalue weighted by molar-refractivity contribution is -0.384. The molecule has 0 saturated heterocycles. The van der Waals surface area contributed by atoms with Crippen molar-refractivity contribution in [3.05, 3.63) is 57.9 Å². The van der Waals surface area contributed by atoms with Crippen LogP contribution in [0.4, 0.5) is 5.69 Å². The van der Waals surface area contributed by atoms with Crippen LogP contribution in [0.1, 0.15) is 0 Å². The average Bonchev–Trinajstić information content (AvgIpc) is 2.86. The Hall–Kier alpha value is -2.40. The normalized spacial score (nSPS) is 10.8. The summed E-state index contributed by atoms with van der Waals surface area (Å²) in [4.78, 5) is 14.7. The molecule has 0 fully saturated rings. The van der Waals surface area contributed by atoms with Gasteiger partial charge in [-0.15, -0.1) is 0 Å². The van der Waals surface area contributed by atoms with Crippen LogP contribution in [0, 0.1) is 10.1 Å². The van der Waals surface area contributed by atoms with Gasteiger partial charge in [0.05, 0.1) is 22.8 Å². The van der Waals surface area contributed by atoms with Gasteiger partial charge in [0, 0.05) is 22.2 Å². The fourth-order valence-electron chi connectivity index (χ4n) is 1.97. The van der Waals surface area contributed by atoms with E-state index in [0.29, 0.717) is 16.1 Å². The Morgan fingerprint density at radius 1 is 1.26 bits per heavy atom. The highest BCUT2D eigenvalue weighted by molar-refractivity contribution is 6.31. The van der Waals surface area contributed by atoms with Gasteiger partial charge in [0.1, 0.15) is 0 Å². The third-order valence-corrected chi connectivity index (χ3v) is 3.03. The van der Waals surface area contributed by atoms with Gasteiger partial charge in [-0.25, -0.2) is 0 Å². The Balaban J connectivity index is 2.31. The first kappa shape index (κ1) is 11.7. The summed E-state index contributed by atoms with van der Waals surface area (Å²) < 4.78 is 5.25. The predicted molar refractivity (Wildman–Crippen MR) is 71.1 cm³/mol. The summed E-state index contributed by atoms with van der Waals surface area (Å²) in [6.07, 6.45) is 2.87. The van der Waals surface area contributed by atoms with Crippen LogP contribution < -0.4 is 0 Å². The minimum Gasteiger partial charge on any atom is -0.457 e. The number of nitro groups is 1. The molecule has 0 spiro atoms. The van der Waals surface area contributed by atoms with Crippen molar-refractivity contribution in [2.45, 2.75) is 0 Å². The van der Waals surface area contributed by atoms with Crippen molar-refractivity contribution in [3.63, 3.8) is 0 Å². The van der Waals surface area contributed by atoms with E-state index >= 15 is 0 Å². The van der Waals surface area contributed by atoms with Crippen molar-refractivity contribution < 1.29 is 9.34 Å². The van der Waals surface area contributed by atoms with Gasteiger partial charge in [0.15, 0.2) is 0 Å². The molecular weight excluding hydrogens is 268 g/mol. The van der Waals surface area contributed by atoms with E-state index in [4.69, 9.17) is 16.0 Å². The van der Waals surface area contributed by atoms with Crippen LogP contribution in [0.25, 0.3) is 22.2 Å². The maximum Gasteiger partial charge on any atom is 0.315 e. The number of nitrogens with zero attached hydrogens (tertiary/aromatic N) is 2. The average molecular weight is 275 g/mol. The topological polar surface area (TPSA) is 69.2 Å². The maximum absolute atomic E-state index is 11.0. The molecule has 0 aliphatic carbocycles. The summed E-state index contributed by atoms with van der Waals surface area (Å²) in [7, 11) is 0. The number of benzene rings is 1. The highest BCUT2D eigenvalue weighted by Crippen LogP contribution is 2.35. The molecule has 3 aromatic rings. The molecule has 1 aromatic carbocycles. The SMILES string of the molecule is O=[N+]([O-])c1ccoc1-c1ccnc2cc(Cl)ccc12. The van der Waals surface area contributed by atoms with Crippen LogP contribution in [-0.4, -0.2) is 9.91 Å². The number of halogens is 1. The van der Waals surface area contributed by atoms with Crippen molar-refractivity contribution >= 4 is 28.2 Å². The number of fused-ring (bicyclic) bond motifs is 1. The zero-order chi connectivity index (χ0) is 13.4. The second kappa shape index (κ2) is 4.37. The van der Waals surface area contributed by atoms with E-state index < -0.39 is 4.92 Å². The van der Waals surface area contributed by atoms with E-state index in [0.717, 1.165) is 5.39 Å². The first-order valence-electron chi connectivity index (χ1n) is 5.43. The molecule has 0 atom stereocenters. The van der Waals surface area contributed by atoms with Crippen molar-refractivity contribution in [1.29, 1.82) is 0 Å². The van der Waals surface area contributed by atoms with E-state index in [2.05, 4.69) is 4.98 Å². The van der Waals surface area contributed by atoms with E-state index in [-0.39, 0.29) is 11.4 Å². The largest absolute Gasteiger partial charge is 0.457 e. The molecule has 0 aliphatic heterocycles. The third-order valence-electron chi connectivity index (χ3n) is 2.79. The molecule has 0 amide bonds. The molecule has 2 aromatic heterocycles. The van der Waals surface area contributed by atoms with Crippen molar-refractivity contribution in [2.75, 3.05) is 0 Å². The molecule has 2 heterocycles. The maximum atomic E-state index is 11.0. The fraction of sp³-hybridized carbons (Fsp3) is 0. The molecule has 0 aliphatic rings. The highest BCUT2D eigenvalue weighted by Gasteiger charge is 2.20. The Kier molecular flexibility index (Phi) is 2.68. The van der Waals surface area contributed by atoms with E-state index in [1.165, 1.54) is 12.3 Å². The van der Waals surface area contributed by atoms with E-state index in [9.17, 15) is 10.1 Å². The van der Waals surface area contributed by atoms with Crippen LogP contribution in [0.3, 0.4) is 0 Å². The Bertz CT molecular complexity index is 782. The van der Waals surface area contributed by atoms with Gasteiger partial charge < -0.3 is 4.42 Å². The van der Waals surface area contributed by atoms with Crippen LogP contribution in [0.2, 0.25) is 5.02 Å². The lowest BCUT2D eigenvalue weighted by Crippen LogP contribution is -1.89. The Morgan fingerprint density at radius 2 is 2.11 bits per heavy atom. The smallest absolute Gasteiger partial charge is 0.315 e. The quantitative estimate of drug-likeness (QED) is 0.522. The van der Waals surface area contributed by atoms with Gasteiger partial charge in [-0.2, -0.15) is 0 Å². The minimum absolute atomic E-state index is 0.0672. The number of furan rings is 1. The standard InChI is InChI=1S/C13H7ClN2O3/c14-8-1-2-9-10(3-5-15-11(9)7-8)13-12(16(17)18)4-6-19-13/h1-7H. The minimum atomic E-state index is -0.471. The lowest BCUT2D eigenvalue weighted by atomic mass is 10.1. The first-order chi connectivity index (χ1) is 9.16. The Morgan fingerprint density at radius 3 is 2.89 bits per heavy atom. The molecule has 94 valence electrons. The molecule has 6 heteroatoms. The van der Waals surface area contributed by atoms with Crippen LogP contribution in [0.5, 0.6) is 0 Å². The monoisotopic (exact) mass is 274 g/mol. The predicted octanol–water partition coefficient (Wildman–Crippen LogP) is 4.06. The van der Waals surface area contributed by atoms with Crippen LogP contribution in [-0.2, 0) is 0 Å².